The van der Waals surface area contributed by atoms with Gasteiger partial charge in [0.1, 0.15) is 11.9 Å². The summed E-state index contributed by atoms with van der Waals surface area (Å²) in [7, 11) is 0. The normalized spacial score (nSPS) is 13.0. The highest BCUT2D eigenvalue weighted by atomic mass is 19.4. The number of fused-ring (bicyclic) bond motifs is 1. The third-order valence-electron chi connectivity index (χ3n) is 3.15. The molecule has 0 aliphatic carbocycles. The average molecular weight is 332 g/mol. The number of carbonyl (C=O) groups excluding carboxylic acids is 1. The molecule has 1 heterocycles. The van der Waals surface area contributed by atoms with Crippen molar-refractivity contribution in [3.63, 3.8) is 0 Å². The van der Waals surface area contributed by atoms with E-state index in [2.05, 4.69) is 4.98 Å². The topological polar surface area (TPSA) is 82.2 Å². The number of carboxylic acids is 1. The summed E-state index contributed by atoms with van der Waals surface area (Å²) in [4.78, 5) is 25.3. The summed E-state index contributed by atoms with van der Waals surface area (Å²) in [6, 6.07) is 1.76. The van der Waals surface area contributed by atoms with Gasteiger partial charge in [-0.25, -0.2) is 9.18 Å². The molecule has 1 unspecified atom stereocenters. The van der Waals surface area contributed by atoms with E-state index >= 15 is 0 Å². The van der Waals surface area contributed by atoms with Crippen LogP contribution in [0.1, 0.15) is 12.0 Å². The Balaban J connectivity index is 2.09. The number of nitrogens with one attached hydrogen (secondary N) is 2. The number of halogens is 4. The van der Waals surface area contributed by atoms with Gasteiger partial charge >= 0.3 is 12.1 Å². The Morgan fingerprint density at radius 2 is 2.00 bits per heavy atom. The number of carbonyl (C=O) groups is 2. The molecule has 124 valence electrons. The first-order valence-corrected chi connectivity index (χ1v) is 6.50. The molecule has 0 fully saturated rings. The third-order valence-corrected chi connectivity index (χ3v) is 3.15. The van der Waals surface area contributed by atoms with Crippen LogP contribution in [0.15, 0.2) is 24.4 Å². The summed E-state index contributed by atoms with van der Waals surface area (Å²) in [5, 5.41) is 11.1. The number of amides is 1. The van der Waals surface area contributed by atoms with Gasteiger partial charge < -0.3 is 15.4 Å². The van der Waals surface area contributed by atoms with Gasteiger partial charge in [0, 0.05) is 17.1 Å². The van der Waals surface area contributed by atoms with Crippen molar-refractivity contribution in [2.45, 2.75) is 25.1 Å². The monoisotopic (exact) mass is 332 g/mol. The van der Waals surface area contributed by atoms with Gasteiger partial charge in [0.15, 0.2) is 0 Å². The lowest BCUT2D eigenvalue weighted by molar-refractivity contribution is -0.159. The van der Waals surface area contributed by atoms with E-state index in [1.807, 2.05) is 5.32 Å². The lowest BCUT2D eigenvalue weighted by atomic mass is 10.1. The second kappa shape index (κ2) is 6.27. The lowest BCUT2D eigenvalue weighted by Crippen LogP contribution is -2.44. The Bertz CT molecular complexity index is 739. The Hall–Kier alpha value is -2.58. The molecule has 1 amide bonds. The summed E-state index contributed by atoms with van der Waals surface area (Å²) in [5.41, 5.74) is 0.853. The number of rotatable bonds is 5. The van der Waals surface area contributed by atoms with Gasteiger partial charge in [0.2, 0.25) is 5.91 Å². The SMILES string of the molecule is O=C(Cc1c[nH]c2cc(F)ccc12)NC(CC(F)(F)F)C(=O)O. The molecule has 1 aromatic carbocycles. The van der Waals surface area contributed by atoms with E-state index < -0.39 is 36.3 Å². The molecule has 0 aliphatic rings. The van der Waals surface area contributed by atoms with Crippen LogP contribution in [0.4, 0.5) is 17.6 Å². The zero-order chi connectivity index (χ0) is 17.2. The quantitative estimate of drug-likeness (QED) is 0.735. The standard InChI is InChI=1S/C14H12F4N2O3/c15-8-1-2-9-7(6-19-10(9)4-8)3-12(21)20-11(13(22)23)5-14(16,17)18/h1-2,4,6,11,19H,3,5H2,(H,20,21)(H,22,23). The highest BCUT2D eigenvalue weighted by Gasteiger charge is 2.36. The Labute approximate surface area is 127 Å². The van der Waals surface area contributed by atoms with Gasteiger partial charge in [-0.1, -0.05) is 0 Å². The first kappa shape index (κ1) is 16.8. The molecule has 3 N–H and O–H groups in total. The number of alkyl halides is 3. The highest BCUT2D eigenvalue weighted by Crippen LogP contribution is 2.22. The van der Waals surface area contributed by atoms with Crippen LogP contribution < -0.4 is 5.32 Å². The number of benzene rings is 1. The van der Waals surface area contributed by atoms with Crippen LogP contribution in [-0.2, 0) is 16.0 Å². The van der Waals surface area contributed by atoms with E-state index in [1.165, 1.54) is 24.4 Å². The second-order valence-electron chi connectivity index (χ2n) is 4.96. The van der Waals surface area contributed by atoms with Crippen LogP contribution in [-0.4, -0.2) is 34.2 Å². The van der Waals surface area contributed by atoms with Gasteiger partial charge in [-0.05, 0) is 23.8 Å². The average Bonchev–Trinajstić information content (AvgIpc) is 2.78. The molecule has 9 heteroatoms. The second-order valence-corrected chi connectivity index (χ2v) is 4.96. The van der Waals surface area contributed by atoms with Crippen LogP contribution in [0.3, 0.4) is 0 Å². The molecule has 0 bridgehead atoms. The molecule has 23 heavy (non-hydrogen) atoms. The minimum absolute atomic E-state index is 0.326. The van der Waals surface area contributed by atoms with Gasteiger partial charge in [-0.15, -0.1) is 0 Å². The van der Waals surface area contributed by atoms with E-state index in [-0.39, 0.29) is 6.42 Å². The molecular weight excluding hydrogens is 320 g/mol. The molecule has 2 rings (SSSR count). The zero-order valence-corrected chi connectivity index (χ0v) is 11.6. The van der Waals surface area contributed by atoms with Crippen LogP contribution in [0, 0.1) is 5.82 Å². The van der Waals surface area contributed by atoms with Gasteiger partial charge in [0.05, 0.1) is 12.8 Å². The fourth-order valence-electron chi connectivity index (χ4n) is 2.15. The molecule has 0 spiro atoms. The van der Waals surface area contributed by atoms with Crippen molar-refractivity contribution < 1.29 is 32.3 Å². The fourth-order valence-corrected chi connectivity index (χ4v) is 2.15. The van der Waals surface area contributed by atoms with Crippen LogP contribution in [0.25, 0.3) is 10.9 Å². The first-order valence-electron chi connectivity index (χ1n) is 6.50. The number of carboxylic acid groups (broad SMARTS) is 1. The molecule has 1 atom stereocenters. The Morgan fingerprint density at radius 3 is 2.61 bits per heavy atom. The number of hydrogen-bond acceptors (Lipinski definition) is 2. The smallest absolute Gasteiger partial charge is 0.391 e. The summed E-state index contributed by atoms with van der Waals surface area (Å²) >= 11 is 0. The maximum absolute atomic E-state index is 13.1. The van der Waals surface area contributed by atoms with Crippen molar-refractivity contribution in [2.24, 2.45) is 0 Å². The fraction of sp³-hybridized carbons (Fsp3) is 0.286. The van der Waals surface area contributed by atoms with Gasteiger partial charge in [-0.3, -0.25) is 4.79 Å². The Morgan fingerprint density at radius 1 is 1.30 bits per heavy atom. The number of aromatic nitrogens is 1. The van der Waals surface area contributed by atoms with Gasteiger partial charge in [0.25, 0.3) is 0 Å². The van der Waals surface area contributed by atoms with Crippen LogP contribution in [0.2, 0.25) is 0 Å². The number of aromatic amines is 1. The van der Waals surface area contributed by atoms with E-state index in [1.54, 1.807) is 0 Å². The van der Waals surface area contributed by atoms with Crippen molar-refractivity contribution in [3.05, 3.63) is 35.8 Å². The predicted octanol–water partition coefficient (Wildman–Crippen LogP) is 2.37. The molecular formula is C14H12F4N2O3. The number of H-pyrrole nitrogens is 1. The zero-order valence-electron chi connectivity index (χ0n) is 11.6. The lowest BCUT2D eigenvalue weighted by Gasteiger charge is -2.16. The van der Waals surface area contributed by atoms with Crippen molar-refractivity contribution in [1.82, 2.24) is 10.3 Å². The Kier molecular flexibility index (Phi) is 4.57. The molecule has 1 aromatic heterocycles. The number of hydrogen-bond donors (Lipinski definition) is 3. The van der Waals surface area contributed by atoms with E-state index in [4.69, 9.17) is 5.11 Å². The van der Waals surface area contributed by atoms with Gasteiger partial charge in [-0.2, -0.15) is 13.2 Å². The maximum Gasteiger partial charge on any atom is 0.391 e. The maximum atomic E-state index is 13.1. The summed E-state index contributed by atoms with van der Waals surface area (Å²) in [5.74, 6) is -3.12. The minimum atomic E-state index is -4.71. The van der Waals surface area contributed by atoms with E-state index in [0.29, 0.717) is 16.5 Å². The van der Waals surface area contributed by atoms with E-state index in [9.17, 15) is 27.2 Å². The summed E-state index contributed by atoms with van der Waals surface area (Å²) in [6.45, 7) is 0. The first-order chi connectivity index (χ1) is 10.7. The molecule has 5 nitrogen and oxygen atoms in total. The van der Waals surface area contributed by atoms with Crippen LogP contribution in [0.5, 0.6) is 0 Å². The molecule has 0 radical (unpaired) electrons. The largest absolute Gasteiger partial charge is 0.480 e. The minimum Gasteiger partial charge on any atom is -0.480 e. The van der Waals surface area contributed by atoms with Crippen molar-refractivity contribution in [3.8, 4) is 0 Å². The van der Waals surface area contributed by atoms with E-state index in [0.717, 1.165) is 0 Å². The summed E-state index contributed by atoms with van der Waals surface area (Å²) in [6.07, 6.45) is -5.28. The van der Waals surface area contributed by atoms with Crippen LogP contribution >= 0.6 is 0 Å². The summed E-state index contributed by atoms with van der Waals surface area (Å²) < 4.78 is 49.9. The number of aliphatic carboxylic acids is 1. The van der Waals surface area contributed by atoms with Crippen molar-refractivity contribution in [2.75, 3.05) is 0 Å². The predicted molar refractivity (Wildman–Crippen MR) is 72.2 cm³/mol. The molecule has 0 aliphatic heterocycles. The third kappa shape index (κ3) is 4.44. The molecule has 0 saturated heterocycles. The van der Waals surface area contributed by atoms with Crippen molar-refractivity contribution in [1.29, 1.82) is 0 Å². The highest BCUT2D eigenvalue weighted by molar-refractivity contribution is 5.90. The van der Waals surface area contributed by atoms with Crippen molar-refractivity contribution >= 4 is 22.8 Å². The molecule has 0 saturated carbocycles. The molecule has 2 aromatic rings.